The van der Waals surface area contributed by atoms with E-state index in [4.69, 9.17) is 17.1 Å². The molecule has 1 aliphatic rings. The third kappa shape index (κ3) is 6.78. The van der Waals surface area contributed by atoms with E-state index in [1.807, 2.05) is 0 Å². The van der Waals surface area contributed by atoms with E-state index >= 15 is 0 Å². The second-order valence-electron chi connectivity index (χ2n) is 9.48. The quantitative estimate of drug-likeness (QED) is 0.349. The minimum atomic E-state index is -4.39. The molecule has 1 aromatic carbocycles. The Labute approximate surface area is 174 Å². The highest BCUT2D eigenvalue weighted by Gasteiger charge is 2.44. The smallest absolute Gasteiger partial charge is 0.407 e. The van der Waals surface area contributed by atoms with Gasteiger partial charge in [-0.05, 0) is 36.0 Å². The fourth-order valence-corrected chi connectivity index (χ4v) is 4.38. The molecular formula is C21H34F3NOSSi. The van der Waals surface area contributed by atoms with Gasteiger partial charge in [0, 0.05) is 11.3 Å². The van der Waals surface area contributed by atoms with Crippen molar-refractivity contribution in [3.8, 4) is 0 Å². The molecule has 1 fully saturated rings. The normalized spacial score (nSPS) is 19.3. The third-order valence-electron chi connectivity index (χ3n) is 6.01. The molecule has 2 nitrogen and oxygen atoms in total. The lowest BCUT2D eigenvalue weighted by Crippen LogP contribution is -2.51. The first-order valence-electron chi connectivity index (χ1n) is 10.0. The standard InChI is InChI=1S/C21H34F3NOSSi/c1-20(2,3)28(4,5)26-14-17(18(27)13-15-11-12-15)25-19(21(22,23)24)16-9-7-6-8-10-16/h6-10,15,17-19,25,27H,11-14H2,1-5H3. The van der Waals surface area contributed by atoms with E-state index in [9.17, 15) is 13.2 Å². The van der Waals surface area contributed by atoms with Crippen molar-refractivity contribution in [3.05, 3.63) is 35.9 Å². The topological polar surface area (TPSA) is 21.3 Å². The summed E-state index contributed by atoms with van der Waals surface area (Å²) in [5, 5.41) is 2.69. The predicted octanol–water partition coefficient (Wildman–Crippen LogP) is 6.37. The summed E-state index contributed by atoms with van der Waals surface area (Å²) < 4.78 is 47.8. The Bertz CT molecular complexity index is 614. The van der Waals surface area contributed by atoms with Crippen molar-refractivity contribution >= 4 is 20.9 Å². The lowest BCUT2D eigenvalue weighted by molar-refractivity contribution is -0.160. The van der Waals surface area contributed by atoms with E-state index in [1.165, 1.54) is 12.1 Å². The van der Waals surface area contributed by atoms with Crippen LogP contribution in [0.1, 0.15) is 51.6 Å². The number of nitrogens with one attached hydrogen (secondary N) is 1. The first-order valence-corrected chi connectivity index (χ1v) is 13.4. The minimum absolute atomic E-state index is 0.00297. The zero-order chi connectivity index (χ0) is 21.2. The molecule has 0 heterocycles. The lowest BCUT2D eigenvalue weighted by atomic mass is 10.0. The Morgan fingerprint density at radius 1 is 1.14 bits per heavy atom. The summed E-state index contributed by atoms with van der Waals surface area (Å²) >= 11 is 4.70. The molecule has 1 saturated carbocycles. The Morgan fingerprint density at radius 2 is 1.71 bits per heavy atom. The number of halogens is 3. The highest BCUT2D eigenvalue weighted by molar-refractivity contribution is 7.81. The fraction of sp³-hybridized carbons (Fsp3) is 0.714. The molecule has 0 aromatic heterocycles. The van der Waals surface area contributed by atoms with Crippen LogP contribution in [0.15, 0.2) is 30.3 Å². The lowest BCUT2D eigenvalue weighted by Gasteiger charge is -2.39. The van der Waals surface area contributed by atoms with E-state index < -0.39 is 26.6 Å². The van der Waals surface area contributed by atoms with E-state index in [1.54, 1.807) is 18.2 Å². The number of alkyl halides is 3. The largest absolute Gasteiger partial charge is 0.415 e. The Hall–Kier alpha value is -0.503. The van der Waals surface area contributed by atoms with Crippen LogP contribution in [0.3, 0.4) is 0 Å². The van der Waals surface area contributed by atoms with Gasteiger partial charge in [-0.3, -0.25) is 5.32 Å². The summed E-state index contributed by atoms with van der Waals surface area (Å²) in [6, 6.07) is 5.85. The van der Waals surface area contributed by atoms with Crippen LogP contribution in [-0.4, -0.2) is 32.4 Å². The van der Waals surface area contributed by atoms with Gasteiger partial charge >= 0.3 is 6.18 Å². The van der Waals surface area contributed by atoms with Gasteiger partial charge in [0.1, 0.15) is 6.04 Å². The van der Waals surface area contributed by atoms with E-state index in [0.29, 0.717) is 5.92 Å². The summed E-state index contributed by atoms with van der Waals surface area (Å²) in [6.45, 7) is 10.9. The summed E-state index contributed by atoms with van der Waals surface area (Å²) in [5.74, 6) is 0.584. The first-order chi connectivity index (χ1) is 12.8. The van der Waals surface area contributed by atoms with Crippen molar-refractivity contribution in [1.29, 1.82) is 0 Å². The number of hydrogen-bond acceptors (Lipinski definition) is 3. The molecule has 0 spiro atoms. The zero-order valence-corrected chi connectivity index (χ0v) is 19.4. The van der Waals surface area contributed by atoms with Crippen LogP contribution in [0.2, 0.25) is 18.1 Å². The highest BCUT2D eigenvalue weighted by atomic mass is 32.1. The molecule has 1 aromatic rings. The van der Waals surface area contributed by atoms with Crippen LogP contribution in [-0.2, 0) is 4.43 Å². The van der Waals surface area contributed by atoms with Crippen molar-refractivity contribution in [1.82, 2.24) is 5.32 Å². The van der Waals surface area contributed by atoms with E-state index in [2.05, 4.69) is 39.2 Å². The van der Waals surface area contributed by atoms with Crippen LogP contribution in [0.25, 0.3) is 0 Å². The van der Waals surface area contributed by atoms with Gasteiger partial charge in [-0.25, -0.2) is 0 Å². The van der Waals surface area contributed by atoms with Crippen molar-refractivity contribution < 1.29 is 17.6 Å². The summed E-state index contributed by atoms with van der Waals surface area (Å²) in [6.07, 6.45) is -1.27. The van der Waals surface area contributed by atoms with E-state index in [-0.39, 0.29) is 22.5 Å². The molecule has 0 bridgehead atoms. The van der Waals surface area contributed by atoms with Crippen molar-refractivity contribution in [2.75, 3.05) is 6.61 Å². The van der Waals surface area contributed by atoms with Crippen molar-refractivity contribution in [2.24, 2.45) is 5.92 Å². The molecule has 0 aliphatic heterocycles. The molecule has 7 heteroatoms. The van der Waals surface area contributed by atoms with Crippen LogP contribution >= 0.6 is 12.6 Å². The predicted molar refractivity (Wildman–Crippen MR) is 115 cm³/mol. The molecule has 2 rings (SSSR count). The Kier molecular flexibility index (Phi) is 7.73. The van der Waals surface area contributed by atoms with Crippen molar-refractivity contribution in [3.63, 3.8) is 0 Å². The Balaban J connectivity index is 2.19. The second-order valence-corrected chi connectivity index (χ2v) is 14.9. The van der Waals surface area contributed by atoms with Crippen molar-refractivity contribution in [2.45, 2.75) is 81.7 Å². The van der Waals surface area contributed by atoms with Crippen LogP contribution < -0.4 is 5.32 Å². The van der Waals surface area contributed by atoms with Gasteiger partial charge in [0.25, 0.3) is 0 Å². The SMILES string of the molecule is CC(C)(C)[Si](C)(C)OCC(NC(c1ccccc1)C(F)(F)F)C(S)CC1CC1. The molecular weight excluding hydrogens is 399 g/mol. The van der Waals surface area contributed by atoms with Gasteiger partial charge in [-0.15, -0.1) is 0 Å². The van der Waals surface area contributed by atoms with Gasteiger partial charge in [0.15, 0.2) is 8.32 Å². The maximum atomic E-state index is 13.8. The van der Waals surface area contributed by atoms with Gasteiger partial charge < -0.3 is 4.43 Å². The van der Waals surface area contributed by atoms with Crippen LogP contribution in [0, 0.1) is 5.92 Å². The fourth-order valence-electron chi connectivity index (χ4n) is 2.88. The maximum Gasteiger partial charge on any atom is 0.407 e. The van der Waals surface area contributed by atoms with Gasteiger partial charge in [-0.2, -0.15) is 25.8 Å². The average Bonchev–Trinajstić information content (AvgIpc) is 3.37. The van der Waals surface area contributed by atoms with Gasteiger partial charge in [0.2, 0.25) is 0 Å². The molecule has 160 valence electrons. The molecule has 0 radical (unpaired) electrons. The molecule has 3 unspecified atom stereocenters. The number of benzene rings is 1. The van der Waals surface area contributed by atoms with Crippen LogP contribution in [0.4, 0.5) is 13.2 Å². The number of hydrogen-bond donors (Lipinski definition) is 2. The molecule has 28 heavy (non-hydrogen) atoms. The van der Waals surface area contributed by atoms with Gasteiger partial charge in [-0.1, -0.05) is 63.9 Å². The molecule has 3 atom stereocenters. The summed E-state index contributed by atoms with van der Waals surface area (Å²) in [5.41, 5.74) is 0.222. The molecule has 0 amide bonds. The summed E-state index contributed by atoms with van der Waals surface area (Å²) in [7, 11) is -2.07. The van der Waals surface area contributed by atoms with Crippen LogP contribution in [0.5, 0.6) is 0 Å². The number of thiol groups is 1. The summed E-state index contributed by atoms with van der Waals surface area (Å²) in [4.78, 5) is 0. The molecule has 1 N–H and O–H groups in total. The highest BCUT2D eigenvalue weighted by Crippen LogP contribution is 2.39. The average molecular weight is 434 g/mol. The second kappa shape index (κ2) is 9.10. The monoisotopic (exact) mass is 433 g/mol. The zero-order valence-electron chi connectivity index (χ0n) is 17.5. The van der Waals surface area contributed by atoms with E-state index in [0.717, 1.165) is 19.3 Å². The Morgan fingerprint density at radius 3 is 2.18 bits per heavy atom. The number of rotatable bonds is 9. The molecule has 1 aliphatic carbocycles. The molecule has 0 saturated heterocycles. The first kappa shape index (κ1) is 23.8. The van der Waals surface area contributed by atoms with Gasteiger partial charge in [0.05, 0.1) is 6.61 Å². The maximum absolute atomic E-state index is 13.8. The minimum Gasteiger partial charge on any atom is -0.415 e. The third-order valence-corrected chi connectivity index (χ3v) is 11.1.